The van der Waals surface area contributed by atoms with Gasteiger partial charge in [-0.15, -0.1) is 0 Å². The van der Waals surface area contributed by atoms with Crippen LogP contribution in [0.5, 0.6) is 0 Å². The van der Waals surface area contributed by atoms with Crippen molar-refractivity contribution in [1.82, 2.24) is 0 Å². The zero-order valence-corrected chi connectivity index (χ0v) is 13.4. The van der Waals surface area contributed by atoms with E-state index in [9.17, 15) is 9.50 Å². The highest BCUT2D eigenvalue weighted by molar-refractivity contribution is 9.10. The number of rotatable bonds is 9. The van der Waals surface area contributed by atoms with E-state index < -0.39 is 6.10 Å². The maximum Gasteiger partial charge on any atom is 0.139 e. The number of hydrogen-bond donors (Lipinski definition) is 2. The number of halogens is 2. The van der Waals surface area contributed by atoms with Gasteiger partial charge in [0.25, 0.3) is 0 Å². The minimum atomic E-state index is -0.650. The maximum atomic E-state index is 13.4. The van der Waals surface area contributed by atoms with Gasteiger partial charge in [0.1, 0.15) is 5.82 Å². The standard InChI is InChI=1S/C14H21BrFNO3/c1-3-19-4-5-20-9-11(18)8-17-14-7-13(16)12(15)6-10(14)2/h6-7,11,17-18H,3-5,8-9H2,1-2H3. The van der Waals surface area contributed by atoms with Crippen molar-refractivity contribution in [3.05, 3.63) is 28.0 Å². The van der Waals surface area contributed by atoms with E-state index in [4.69, 9.17) is 9.47 Å². The lowest BCUT2D eigenvalue weighted by Crippen LogP contribution is -2.26. The molecule has 0 aliphatic rings. The van der Waals surface area contributed by atoms with Gasteiger partial charge >= 0.3 is 0 Å². The Morgan fingerprint density at radius 2 is 2.05 bits per heavy atom. The summed E-state index contributed by atoms with van der Waals surface area (Å²) in [6.45, 7) is 5.94. The van der Waals surface area contributed by atoms with Crippen molar-refractivity contribution in [3.8, 4) is 0 Å². The van der Waals surface area contributed by atoms with Crippen LogP contribution in [0.2, 0.25) is 0 Å². The Balaban J connectivity index is 2.30. The third-order valence-electron chi connectivity index (χ3n) is 2.68. The first kappa shape index (κ1) is 17.4. The molecule has 6 heteroatoms. The molecular weight excluding hydrogens is 329 g/mol. The Labute approximate surface area is 127 Å². The summed E-state index contributed by atoms with van der Waals surface area (Å²) in [7, 11) is 0. The molecule has 1 aromatic carbocycles. The normalized spacial score (nSPS) is 12.4. The number of anilines is 1. The maximum absolute atomic E-state index is 13.4. The van der Waals surface area contributed by atoms with Crippen LogP contribution in [0.1, 0.15) is 12.5 Å². The summed E-state index contributed by atoms with van der Waals surface area (Å²) in [6, 6.07) is 3.10. The Morgan fingerprint density at radius 1 is 1.35 bits per heavy atom. The summed E-state index contributed by atoms with van der Waals surface area (Å²) in [5.74, 6) is -0.333. The summed E-state index contributed by atoms with van der Waals surface area (Å²) in [5.41, 5.74) is 1.57. The van der Waals surface area contributed by atoms with Gasteiger partial charge in [0.05, 0.1) is 30.4 Å². The number of aliphatic hydroxyl groups is 1. The number of benzene rings is 1. The predicted octanol–water partition coefficient (Wildman–Crippen LogP) is 2.72. The highest BCUT2D eigenvalue weighted by atomic mass is 79.9. The van der Waals surface area contributed by atoms with Gasteiger partial charge in [-0.05, 0) is 47.5 Å². The SMILES string of the molecule is CCOCCOCC(O)CNc1cc(F)c(Br)cc1C. The molecule has 0 spiro atoms. The monoisotopic (exact) mass is 349 g/mol. The van der Waals surface area contributed by atoms with Crippen LogP contribution in [-0.4, -0.2) is 44.2 Å². The van der Waals surface area contributed by atoms with Crippen LogP contribution in [0, 0.1) is 12.7 Å². The van der Waals surface area contributed by atoms with E-state index in [1.54, 1.807) is 6.07 Å². The van der Waals surface area contributed by atoms with E-state index in [1.165, 1.54) is 6.07 Å². The minimum Gasteiger partial charge on any atom is -0.389 e. The summed E-state index contributed by atoms with van der Waals surface area (Å²) in [4.78, 5) is 0. The molecule has 1 unspecified atom stereocenters. The van der Waals surface area contributed by atoms with Gasteiger partial charge in [0.2, 0.25) is 0 Å². The Kier molecular flexibility index (Phi) is 8.06. The molecule has 0 aromatic heterocycles. The average molecular weight is 350 g/mol. The molecule has 0 amide bonds. The quantitative estimate of drug-likeness (QED) is 0.673. The molecule has 2 N–H and O–H groups in total. The molecule has 1 aromatic rings. The summed E-state index contributed by atoms with van der Waals surface area (Å²) < 4.78 is 24.2. The first-order chi connectivity index (χ1) is 9.54. The topological polar surface area (TPSA) is 50.7 Å². The number of aryl methyl sites for hydroxylation is 1. The zero-order chi connectivity index (χ0) is 15.0. The Bertz CT molecular complexity index is 418. The van der Waals surface area contributed by atoms with Gasteiger partial charge in [-0.25, -0.2) is 4.39 Å². The molecule has 0 bridgehead atoms. The van der Waals surface area contributed by atoms with Gasteiger partial charge in [0, 0.05) is 18.8 Å². The van der Waals surface area contributed by atoms with Crippen LogP contribution in [0.15, 0.2) is 16.6 Å². The van der Waals surface area contributed by atoms with Crippen LogP contribution in [0.3, 0.4) is 0 Å². The molecule has 0 fully saturated rings. The second kappa shape index (κ2) is 9.28. The zero-order valence-electron chi connectivity index (χ0n) is 11.8. The number of hydrogen-bond acceptors (Lipinski definition) is 4. The van der Waals surface area contributed by atoms with Gasteiger partial charge in [-0.3, -0.25) is 0 Å². The molecule has 1 atom stereocenters. The lowest BCUT2D eigenvalue weighted by molar-refractivity contribution is 0.0103. The molecule has 0 saturated heterocycles. The number of nitrogens with one attached hydrogen (secondary N) is 1. The molecular formula is C14H21BrFNO3. The smallest absolute Gasteiger partial charge is 0.139 e. The van der Waals surface area contributed by atoms with Crippen LogP contribution in [-0.2, 0) is 9.47 Å². The van der Waals surface area contributed by atoms with Crippen molar-refractivity contribution in [2.75, 3.05) is 38.3 Å². The van der Waals surface area contributed by atoms with Crippen molar-refractivity contribution in [1.29, 1.82) is 0 Å². The lowest BCUT2D eigenvalue weighted by atomic mass is 10.2. The molecule has 0 saturated carbocycles. The van der Waals surface area contributed by atoms with Crippen molar-refractivity contribution in [3.63, 3.8) is 0 Å². The predicted molar refractivity (Wildman–Crippen MR) is 80.6 cm³/mol. The molecule has 4 nitrogen and oxygen atoms in total. The number of aliphatic hydroxyl groups excluding tert-OH is 1. The van der Waals surface area contributed by atoms with Gasteiger partial charge in [-0.2, -0.15) is 0 Å². The molecule has 0 radical (unpaired) electrons. The van der Waals surface area contributed by atoms with E-state index in [0.717, 1.165) is 5.56 Å². The van der Waals surface area contributed by atoms with E-state index in [2.05, 4.69) is 21.2 Å². The molecule has 114 valence electrons. The van der Waals surface area contributed by atoms with Gasteiger partial charge in [-0.1, -0.05) is 0 Å². The van der Waals surface area contributed by atoms with Crippen molar-refractivity contribution in [2.24, 2.45) is 0 Å². The summed E-state index contributed by atoms with van der Waals surface area (Å²) >= 11 is 3.13. The fourth-order valence-electron chi connectivity index (χ4n) is 1.60. The van der Waals surface area contributed by atoms with Crippen molar-refractivity contribution >= 4 is 21.6 Å². The highest BCUT2D eigenvalue weighted by Crippen LogP contribution is 2.23. The largest absolute Gasteiger partial charge is 0.389 e. The molecule has 0 aliphatic heterocycles. The molecule has 20 heavy (non-hydrogen) atoms. The highest BCUT2D eigenvalue weighted by Gasteiger charge is 2.08. The van der Waals surface area contributed by atoms with E-state index in [1.807, 2.05) is 13.8 Å². The Morgan fingerprint density at radius 3 is 2.75 bits per heavy atom. The van der Waals surface area contributed by atoms with Crippen LogP contribution >= 0.6 is 15.9 Å². The third-order valence-corrected chi connectivity index (χ3v) is 3.29. The number of ether oxygens (including phenoxy) is 2. The fraction of sp³-hybridized carbons (Fsp3) is 0.571. The fourth-order valence-corrected chi connectivity index (χ4v) is 2.06. The van der Waals surface area contributed by atoms with E-state index in [-0.39, 0.29) is 12.4 Å². The molecule has 0 aliphatic carbocycles. The summed E-state index contributed by atoms with van der Waals surface area (Å²) in [5, 5.41) is 12.8. The minimum absolute atomic E-state index is 0.220. The van der Waals surface area contributed by atoms with E-state index >= 15 is 0 Å². The summed E-state index contributed by atoms with van der Waals surface area (Å²) in [6.07, 6.45) is -0.650. The Hall–Kier alpha value is -0.690. The first-order valence-electron chi connectivity index (χ1n) is 6.57. The molecule has 0 heterocycles. The van der Waals surface area contributed by atoms with Crippen LogP contribution < -0.4 is 5.32 Å². The second-order valence-corrected chi connectivity index (χ2v) is 5.24. The second-order valence-electron chi connectivity index (χ2n) is 4.39. The van der Waals surface area contributed by atoms with Crippen LogP contribution in [0.4, 0.5) is 10.1 Å². The van der Waals surface area contributed by atoms with Gasteiger partial charge in [0.15, 0.2) is 0 Å². The lowest BCUT2D eigenvalue weighted by Gasteiger charge is -2.15. The first-order valence-corrected chi connectivity index (χ1v) is 7.37. The third kappa shape index (κ3) is 6.17. The van der Waals surface area contributed by atoms with E-state index in [0.29, 0.717) is 36.5 Å². The van der Waals surface area contributed by atoms with Crippen molar-refractivity contribution in [2.45, 2.75) is 20.0 Å². The van der Waals surface area contributed by atoms with Crippen molar-refractivity contribution < 1.29 is 19.0 Å². The van der Waals surface area contributed by atoms with Gasteiger partial charge < -0.3 is 19.9 Å². The average Bonchev–Trinajstić information content (AvgIpc) is 2.41. The van der Waals surface area contributed by atoms with Crippen LogP contribution in [0.25, 0.3) is 0 Å². The molecule has 1 rings (SSSR count).